The minimum atomic E-state index is -1.01. The largest absolute Gasteiger partial charge is 0.447 e. The molecule has 3 aromatic rings. The molecule has 9 nitrogen and oxygen atoms in total. The second-order valence-electron chi connectivity index (χ2n) is 7.06. The van der Waals surface area contributed by atoms with Crippen LogP contribution in [0.15, 0.2) is 47.7 Å². The van der Waals surface area contributed by atoms with Crippen molar-refractivity contribution >= 4 is 22.9 Å². The van der Waals surface area contributed by atoms with E-state index >= 15 is 0 Å². The van der Waals surface area contributed by atoms with Gasteiger partial charge in [-0.25, -0.2) is 4.98 Å². The van der Waals surface area contributed by atoms with Crippen molar-refractivity contribution < 1.29 is 14.3 Å². The molecule has 150 valence electrons. The number of carbonyl (C=O) groups excluding carboxylic acids is 2. The first-order chi connectivity index (χ1) is 14.0. The molecule has 0 saturated heterocycles. The summed E-state index contributed by atoms with van der Waals surface area (Å²) in [5, 5.41) is 7.27. The topological polar surface area (TPSA) is 108 Å². The number of aromatic nitrogens is 4. The van der Waals surface area contributed by atoms with Gasteiger partial charge in [0.25, 0.3) is 11.5 Å². The Morgan fingerprint density at radius 3 is 2.76 bits per heavy atom. The highest BCUT2D eigenvalue weighted by atomic mass is 16.5. The molecule has 1 aliphatic carbocycles. The lowest BCUT2D eigenvalue weighted by Crippen LogP contribution is -2.33. The van der Waals surface area contributed by atoms with Crippen molar-refractivity contribution in [1.29, 1.82) is 0 Å². The van der Waals surface area contributed by atoms with Crippen LogP contribution in [0.2, 0.25) is 0 Å². The van der Waals surface area contributed by atoms with Gasteiger partial charge in [-0.05, 0) is 12.8 Å². The number of fused-ring (bicyclic) bond motifs is 1. The Balaban J connectivity index is 1.44. The summed E-state index contributed by atoms with van der Waals surface area (Å²) in [5.41, 5.74) is 0.811. The molecule has 0 radical (unpaired) electrons. The SMILES string of the molecule is Cn1ncc2c(=O)n(CCC(=O)O[C@@H](C(=O)NC3CC3)c3ccccc3)cnc21. The minimum absolute atomic E-state index is 0.0621. The summed E-state index contributed by atoms with van der Waals surface area (Å²) in [5.74, 6) is -0.898. The molecule has 4 rings (SSSR count). The molecule has 29 heavy (non-hydrogen) atoms. The van der Waals surface area contributed by atoms with Crippen LogP contribution in [0.1, 0.15) is 30.9 Å². The molecule has 1 amide bonds. The highest BCUT2D eigenvalue weighted by molar-refractivity contribution is 5.85. The third-order valence-corrected chi connectivity index (χ3v) is 4.79. The van der Waals surface area contributed by atoms with E-state index in [-0.39, 0.29) is 30.5 Å². The van der Waals surface area contributed by atoms with Gasteiger partial charge < -0.3 is 10.1 Å². The molecule has 9 heteroatoms. The number of nitrogens with zero attached hydrogens (tertiary/aromatic N) is 4. The molecular formula is C20H21N5O4. The molecule has 1 atom stereocenters. The first kappa shape index (κ1) is 18.9. The maximum absolute atomic E-state index is 12.5. The Morgan fingerprint density at radius 2 is 2.03 bits per heavy atom. The minimum Gasteiger partial charge on any atom is -0.447 e. The summed E-state index contributed by atoms with van der Waals surface area (Å²) in [6, 6.07) is 9.05. The Labute approximate surface area is 166 Å². The molecule has 0 aliphatic heterocycles. The number of aryl methyl sites for hydroxylation is 2. The monoisotopic (exact) mass is 395 g/mol. The number of carbonyl (C=O) groups is 2. The highest BCUT2D eigenvalue weighted by Crippen LogP contribution is 2.23. The summed E-state index contributed by atoms with van der Waals surface area (Å²) in [4.78, 5) is 41.7. The number of benzene rings is 1. The Kier molecular flexibility index (Phi) is 5.11. The quantitative estimate of drug-likeness (QED) is 0.600. The van der Waals surface area contributed by atoms with Crippen molar-refractivity contribution in [2.45, 2.75) is 38.0 Å². The first-order valence-corrected chi connectivity index (χ1v) is 9.45. The summed E-state index contributed by atoms with van der Waals surface area (Å²) in [6.07, 6.45) is 3.64. The van der Waals surface area contributed by atoms with Crippen LogP contribution in [-0.2, 0) is 27.9 Å². The van der Waals surface area contributed by atoms with Crippen molar-refractivity contribution in [3.8, 4) is 0 Å². The highest BCUT2D eigenvalue weighted by Gasteiger charge is 2.30. The molecule has 2 aromatic heterocycles. The van der Waals surface area contributed by atoms with Gasteiger partial charge >= 0.3 is 5.97 Å². The molecule has 2 heterocycles. The van der Waals surface area contributed by atoms with Gasteiger partial charge in [0.15, 0.2) is 5.65 Å². The van der Waals surface area contributed by atoms with Crippen molar-refractivity contribution in [3.05, 3.63) is 58.8 Å². The smallest absolute Gasteiger partial charge is 0.308 e. The van der Waals surface area contributed by atoms with Gasteiger partial charge in [0.05, 0.1) is 18.9 Å². The molecular weight excluding hydrogens is 374 g/mol. The van der Waals surface area contributed by atoms with Gasteiger partial charge in [0.2, 0.25) is 6.10 Å². The zero-order chi connectivity index (χ0) is 20.4. The number of ether oxygens (including phenoxy) is 1. The van der Waals surface area contributed by atoms with Gasteiger partial charge in [-0.2, -0.15) is 5.10 Å². The van der Waals surface area contributed by atoms with E-state index in [1.54, 1.807) is 31.3 Å². The van der Waals surface area contributed by atoms with Gasteiger partial charge in [-0.1, -0.05) is 30.3 Å². The van der Waals surface area contributed by atoms with E-state index < -0.39 is 12.1 Å². The lowest BCUT2D eigenvalue weighted by atomic mass is 10.1. The van der Waals surface area contributed by atoms with Gasteiger partial charge in [0.1, 0.15) is 5.39 Å². The fourth-order valence-corrected chi connectivity index (χ4v) is 3.03. The Hall–Kier alpha value is -3.49. The van der Waals surface area contributed by atoms with E-state index in [4.69, 9.17) is 4.74 Å². The Morgan fingerprint density at radius 1 is 1.28 bits per heavy atom. The van der Waals surface area contributed by atoms with E-state index in [9.17, 15) is 14.4 Å². The number of hydrogen-bond acceptors (Lipinski definition) is 6. The van der Waals surface area contributed by atoms with E-state index in [0.717, 1.165) is 12.8 Å². The van der Waals surface area contributed by atoms with Crippen LogP contribution in [-0.4, -0.2) is 37.2 Å². The summed E-state index contributed by atoms with van der Waals surface area (Å²) >= 11 is 0. The predicted octanol–water partition coefficient (Wildman–Crippen LogP) is 1.08. The second kappa shape index (κ2) is 7.86. The van der Waals surface area contributed by atoms with Crippen LogP contribution >= 0.6 is 0 Å². The third kappa shape index (κ3) is 4.18. The maximum atomic E-state index is 12.5. The average molecular weight is 395 g/mol. The number of amides is 1. The Bertz CT molecular complexity index is 1100. The lowest BCUT2D eigenvalue weighted by molar-refractivity contribution is -0.156. The van der Waals surface area contributed by atoms with Gasteiger partial charge in [-0.3, -0.25) is 23.6 Å². The first-order valence-electron chi connectivity index (χ1n) is 9.45. The third-order valence-electron chi connectivity index (χ3n) is 4.79. The average Bonchev–Trinajstić information content (AvgIpc) is 3.46. The predicted molar refractivity (Wildman–Crippen MR) is 104 cm³/mol. The molecule has 1 N–H and O–H groups in total. The standard InChI is InChI=1S/C20H21N5O4/c1-24-18-15(11-22-24)20(28)25(12-21-18)10-9-16(26)29-17(13-5-3-2-4-6-13)19(27)23-14-7-8-14/h2-6,11-12,14,17H,7-10H2,1H3,(H,23,27)/t17-/m1/s1. The molecule has 0 bridgehead atoms. The van der Waals surface area contributed by atoms with E-state index in [1.165, 1.54) is 21.8 Å². The number of esters is 1. The molecule has 0 spiro atoms. The number of hydrogen-bond donors (Lipinski definition) is 1. The molecule has 1 aromatic carbocycles. The summed E-state index contributed by atoms with van der Waals surface area (Å²) < 4.78 is 8.33. The van der Waals surface area contributed by atoms with Crippen molar-refractivity contribution in [1.82, 2.24) is 24.6 Å². The molecule has 1 aliphatic rings. The molecule has 0 unspecified atom stereocenters. The van der Waals surface area contributed by atoms with Crippen molar-refractivity contribution in [3.63, 3.8) is 0 Å². The number of nitrogens with one attached hydrogen (secondary N) is 1. The summed E-state index contributed by atoms with van der Waals surface area (Å²) in [6.45, 7) is 0.0985. The van der Waals surface area contributed by atoms with E-state index in [2.05, 4.69) is 15.4 Å². The van der Waals surface area contributed by atoms with Crippen LogP contribution in [0.3, 0.4) is 0 Å². The zero-order valence-corrected chi connectivity index (χ0v) is 15.9. The maximum Gasteiger partial charge on any atom is 0.308 e. The fourth-order valence-electron chi connectivity index (χ4n) is 3.03. The van der Waals surface area contributed by atoms with E-state index in [0.29, 0.717) is 16.6 Å². The molecule has 1 saturated carbocycles. The lowest BCUT2D eigenvalue weighted by Gasteiger charge is -2.18. The van der Waals surface area contributed by atoms with Crippen LogP contribution in [0.5, 0.6) is 0 Å². The van der Waals surface area contributed by atoms with E-state index in [1.807, 2.05) is 6.07 Å². The molecule has 1 fully saturated rings. The van der Waals surface area contributed by atoms with Crippen molar-refractivity contribution in [2.75, 3.05) is 0 Å². The van der Waals surface area contributed by atoms with Gasteiger partial charge in [-0.15, -0.1) is 0 Å². The fraction of sp³-hybridized carbons (Fsp3) is 0.350. The zero-order valence-electron chi connectivity index (χ0n) is 15.9. The normalized spacial score (nSPS) is 14.5. The van der Waals surface area contributed by atoms with Crippen LogP contribution in [0.25, 0.3) is 11.0 Å². The van der Waals surface area contributed by atoms with Crippen LogP contribution < -0.4 is 10.9 Å². The van der Waals surface area contributed by atoms with Gasteiger partial charge in [0, 0.05) is 25.2 Å². The number of rotatable bonds is 7. The van der Waals surface area contributed by atoms with Crippen molar-refractivity contribution in [2.24, 2.45) is 7.05 Å². The second-order valence-corrected chi connectivity index (χ2v) is 7.06. The summed E-state index contributed by atoms with van der Waals surface area (Å²) in [7, 11) is 1.70. The van der Waals surface area contributed by atoms with Crippen LogP contribution in [0.4, 0.5) is 0 Å². The van der Waals surface area contributed by atoms with Crippen LogP contribution in [0, 0.1) is 0 Å².